The molecule has 5 nitrogen and oxygen atoms in total. The lowest BCUT2D eigenvalue weighted by atomic mass is 10.2. The summed E-state index contributed by atoms with van der Waals surface area (Å²) in [6, 6.07) is 12.0. The summed E-state index contributed by atoms with van der Waals surface area (Å²) in [4.78, 5) is 22.5. The predicted molar refractivity (Wildman–Crippen MR) is 76.1 cm³/mol. The second-order valence-electron chi connectivity index (χ2n) is 3.91. The lowest BCUT2D eigenvalue weighted by Gasteiger charge is -2.06. The maximum Gasteiger partial charge on any atom is 0.343 e. The summed E-state index contributed by atoms with van der Waals surface area (Å²) >= 11 is 5.80. The number of anilines is 1. The van der Waals surface area contributed by atoms with Crippen molar-refractivity contribution in [1.29, 1.82) is 0 Å². The fraction of sp³-hybridized carbons (Fsp3) is 0. The molecule has 0 aliphatic rings. The quantitative estimate of drug-likeness (QED) is 0.673. The molecular weight excluding hydrogens is 280 g/mol. The molecule has 3 N–H and O–H groups in total. The highest BCUT2D eigenvalue weighted by Crippen LogP contribution is 2.19. The predicted octanol–water partition coefficient (Wildman–Crippen LogP) is 3.05. The number of esters is 1. The van der Waals surface area contributed by atoms with E-state index < -0.39 is 12.0 Å². The van der Waals surface area contributed by atoms with Crippen LogP contribution in [-0.4, -0.2) is 12.0 Å². The van der Waals surface area contributed by atoms with Crippen molar-refractivity contribution in [1.82, 2.24) is 0 Å². The molecule has 0 bridgehead atoms. The molecule has 2 amide bonds. The van der Waals surface area contributed by atoms with Crippen LogP contribution >= 0.6 is 11.6 Å². The van der Waals surface area contributed by atoms with Gasteiger partial charge in [0.1, 0.15) is 5.75 Å². The third kappa shape index (κ3) is 3.73. The molecule has 0 heterocycles. The van der Waals surface area contributed by atoms with E-state index in [2.05, 4.69) is 5.32 Å². The molecule has 0 fully saturated rings. The Bertz CT molecular complexity index is 641. The molecule has 0 aromatic heterocycles. The van der Waals surface area contributed by atoms with Crippen molar-refractivity contribution in [3.63, 3.8) is 0 Å². The van der Waals surface area contributed by atoms with Gasteiger partial charge in [-0.05, 0) is 42.5 Å². The maximum absolute atomic E-state index is 11.9. The normalized spacial score (nSPS) is 9.85. The number of primary amides is 1. The topological polar surface area (TPSA) is 81.4 Å². The van der Waals surface area contributed by atoms with Gasteiger partial charge in [0.15, 0.2) is 0 Å². The largest absolute Gasteiger partial charge is 0.423 e. The third-order valence-corrected chi connectivity index (χ3v) is 2.63. The Morgan fingerprint density at radius 1 is 1.10 bits per heavy atom. The Morgan fingerprint density at radius 2 is 1.80 bits per heavy atom. The molecule has 0 aliphatic heterocycles. The molecule has 0 spiro atoms. The minimum Gasteiger partial charge on any atom is -0.423 e. The monoisotopic (exact) mass is 290 g/mol. The molecule has 2 rings (SSSR count). The Balaban J connectivity index is 2.07. The standard InChI is InChI=1S/C14H11ClN2O3/c15-10-2-1-3-12(8-10)20-13(18)9-4-6-11(7-5-9)17-14(16)19/h1-8H,(H3,16,17,19). The molecule has 0 aliphatic carbocycles. The lowest BCUT2D eigenvalue weighted by Crippen LogP contribution is -2.19. The number of nitrogens with one attached hydrogen (secondary N) is 1. The Morgan fingerprint density at radius 3 is 2.40 bits per heavy atom. The Hall–Kier alpha value is -2.53. The van der Waals surface area contributed by atoms with E-state index in [1.54, 1.807) is 36.4 Å². The zero-order valence-electron chi connectivity index (χ0n) is 10.3. The summed E-state index contributed by atoms with van der Waals surface area (Å²) in [5.74, 6) is -0.153. The van der Waals surface area contributed by atoms with E-state index in [4.69, 9.17) is 22.1 Å². The van der Waals surface area contributed by atoms with E-state index in [1.807, 2.05) is 0 Å². The summed E-state index contributed by atoms with van der Waals surface area (Å²) in [6.45, 7) is 0. The number of halogens is 1. The Kier molecular flexibility index (Phi) is 4.22. The number of benzene rings is 2. The molecular formula is C14H11ClN2O3. The van der Waals surface area contributed by atoms with Crippen molar-refractivity contribution in [2.45, 2.75) is 0 Å². The van der Waals surface area contributed by atoms with Crippen molar-refractivity contribution in [2.75, 3.05) is 5.32 Å². The number of urea groups is 1. The fourth-order valence-corrected chi connectivity index (χ4v) is 1.71. The molecule has 0 atom stereocenters. The highest BCUT2D eigenvalue weighted by atomic mass is 35.5. The average molecular weight is 291 g/mol. The molecule has 20 heavy (non-hydrogen) atoms. The first-order chi connectivity index (χ1) is 9.54. The minimum absolute atomic E-state index is 0.347. The van der Waals surface area contributed by atoms with Gasteiger partial charge in [0, 0.05) is 10.7 Å². The third-order valence-electron chi connectivity index (χ3n) is 2.39. The van der Waals surface area contributed by atoms with Crippen LogP contribution in [0.4, 0.5) is 10.5 Å². The average Bonchev–Trinajstić information content (AvgIpc) is 2.38. The Labute approximate surface area is 120 Å². The molecule has 0 radical (unpaired) electrons. The molecule has 102 valence electrons. The summed E-state index contributed by atoms with van der Waals surface area (Å²) in [5, 5.41) is 2.88. The summed E-state index contributed by atoms with van der Waals surface area (Å²) in [7, 11) is 0. The molecule has 0 saturated heterocycles. The van der Waals surface area contributed by atoms with Gasteiger partial charge in [-0.15, -0.1) is 0 Å². The first-order valence-electron chi connectivity index (χ1n) is 5.69. The second-order valence-corrected chi connectivity index (χ2v) is 4.35. The smallest absolute Gasteiger partial charge is 0.343 e. The van der Waals surface area contributed by atoms with E-state index in [9.17, 15) is 9.59 Å². The highest BCUT2D eigenvalue weighted by molar-refractivity contribution is 6.30. The second kappa shape index (κ2) is 6.08. The van der Waals surface area contributed by atoms with Crippen LogP contribution in [-0.2, 0) is 0 Å². The van der Waals surface area contributed by atoms with Gasteiger partial charge in [0.25, 0.3) is 0 Å². The van der Waals surface area contributed by atoms with Gasteiger partial charge >= 0.3 is 12.0 Å². The van der Waals surface area contributed by atoms with Crippen LogP contribution in [0.3, 0.4) is 0 Å². The first kappa shape index (κ1) is 13.9. The molecule has 2 aromatic carbocycles. The van der Waals surface area contributed by atoms with Gasteiger partial charge in [-0.2, -0.15) is 0 Å². The van der Waals surface area contributed by atoms with Crippen molar-refractivity contribution >= 4 is 29.3 Å². The molecule has 0 saturated carbocycles. The van der Waals surface area contributed by atoms with Crippen LogP contribution in [0.5, 0.6) is 5.75 Å². The van der Waals surface area contributed by atoms with Crippen molar-refractivity contribution in [3.8, 4) is 5.75 Å². The number of nitrogens with two attached hydrogens (primary N) is 1. The van der Waals surface area contributed by atoms with E-state index in [0.29, 0.717) is 22.0 Å². The highest BCUT2D eigenvalue weighted by Gasteiger charge is 2.09. The van der Waals surface area contributed by atoms with Crippen LogP contribution in [0, 0.1) is 0 Å². The zero-order valence-corrected chi connectivity index (χ0v) is 11.1. The van der Waals surface area contributed by atoms with Crippen LogP contribution in [0.2, 0.25) is 5.02 Å². The summed E-state index contributed by atoms with van der Waals surface area (Å²) in [5.41, 5.74) is 5.83. The van der Waals surface area contributed by atoms with Crippen LogP contribution in [0.1, 0.15) is 10.4 Å². The van der Waals surface area contributed by atoms with Crippen molar-refractivity contribution in [3.05, 3.63) is 59.1 Å². The van der Waals surface area contributed by atoms with Gasteiger partial charge in [0.05, 0.1) is 5.56 Å². The minimum atomic E-state index is -0.667. The van der Waals surface area contributed by atoms with E-state index in [1.165, 1.54) is 12.1 Å². The van der Waals surface area contributed by atoms with Crippen LogP contribution < -0.4 is 15.8 Å². The first-order valence-corrected chi connectivity index (χ1v) is 6.06. The van der Waals surface area contributed by atoms with Gasteiger partial charge < -0.3 is 15.8 Å². The van der Waals surface area contributed by atoms with Gasteiger partial charge in [-0.3, -0.25) is 0 Å². The summed E-state index contributed by atoms with van der Waals surface area (Å²) in [6.07, 6.45) is 0. The van der Waals surface area contributed by atoms with Crippen molar-refractivity contribution < 1.29 is 14.3 Å². The molecule has 0 unspecified atom stereocenters. The fourth-order valence-electron chi connectivity index (χ4n) is 1.53. The number of rotatable bonds is 3. The van der Waals surface area contributed by atoms with Gasteiger partial charge in [0.2, 0.25) is 0 Å². The summed E-state index contributed by atoms with van der Waals surface area (Å²) < 4.78 is 5.17. The lowest BCUT2D eigenvalue weighted by molar-refractivity contribution is 0.0735. The number of carbonyl (C=O) groups is 2. The number of amides is 2. The number of ether oxygens (including phenoxy) is 1. The number of carbonyl (C=O) groups excluding carboxylic acids is 2. The van der Waals surface area contributed by atoms with E-state index in [-0.39, 0.29) is 0 Å². The molecule has 6 heteroatoms. The molecule has 2 aromatic rings. The SMILES string of the molecule is NC(=O)Nc1ccc(C(=O)Oc2cccc(Cl)c2)cc1. The van der Waals surface area contributed by atoms with Gasteiger partial charge in [-0.25, -0.2) is 9.59 Å². The zero-order chi connectivity index (χ0) is 14.5. The van der Waals surface area contributed by atoms with E-state index in [0.717, 1.165) is 0 Å². The number of hydrogen-bond donors (Lipinski definition) is 2. The van der Waals surface area contributed by atoms with Crippen molar-refractivity contribution in [2.24, 2.45) is 5.73 Å². The van der Waals surface area contributed by atoms with Gasteiger partial charge in [-0.1, -0.05) is 17.7 Å². The van der Waals surface area contributed by atoms with E-state index >= 15 is 0 Å². The van der Waals surface area contributed by atoms with Crippen LogP contribution in [0.15, 0.2) is 48.5 Å². The maximum atomic E-state index is 11.9. The van der Waals surface area contributed by atoms with Crippen LogP contribution in [0.25, 0.3) is 0 Å². The number of hydrogen-bond acceptors (Lipinski definition) is 3.